The smallest absolute Gasteiger partial charge is 0.312 e. The summed E-state index contributed by atoms with van der Waals surface area (Å²) in [4.78, 5) is 38.8. The fourth-order valence-electron chi connectivity index (χ4n) is 5.88. The number of non-ortho nitro benzene ring substituents is 1. The Morgan fingerprint density at radius 2 is 1.80 bits per heavy atom. The lowest BCUT2D eigenvalue weighted by atomic mass is 9.65. The predicted octanol–water partition coefficient (Wildman–Crippen LogP) is 6.16. The number of esters is 1. The molecule has 0 N–H and O–H groups in total. The lowest BCUT2D eigenvalue weighted by Crippen LogP contribution is -2.38. The molecule has 0 saturated heterocycles. The molecule has 7 heteroatoms. The van der Waals surface area contributed by atoms with Gasteiger partial charge in [0.15, 0.2) is 0 Å². The van der Waals surface area contributed by atoms with Gasteiger partial charge in [0.1, 0.15) is 0 Å². The van der Waals surface area contributed by atoms with Crippen LogP contribution in [0.25, 0.3) is 0 Å². The molecule has 2 atom stereocenters. The molecule has 1 amide bonds. The van der Waals surface area contributed by atoms with Crippen LogP contribution in [0.4, 0.5) is 5.69 Å². The van der Waals surface area contributed by atoms with Crippen LogP contribution in [0.2, 0.25) is 0 Å². The summed E-state index contributed by atoms with van der Waals surface area (Å²) in [5.74, 6) is -0.694. The van der Waals surface area contributed by atoms with Gasteiger partial charge in [0.2, 0.25) is 0 Å². The molecule has 1 aliphatic heterocycles. The van der Waals surface area contributed by atoms with E-state index < -0.39 is 16.3 Å². The van der Waals surface area contributed by atoms with Gasteiger partial charge in [-0.1, -0.05) is 72.3 Å². The van der Waals surface area contributed by atoms with Crippen molar-refractivity contribution < 1.29 is 19.2 Å². The Morgan fingerprint density at radius 3 is 2.50 bits per heavy atom. The highest BCUT2D eigenvalue weighted by Gasteiger charge is 2.39. The van der Waals surface area contributed by atoms with Crippen molar-refractivity contribution in [1.82, 2.24) is 4.90 Å². The Hall–Kier alpha value is -4.52. The second-order valence-corrected chi connectivity index (χ2v) is 10.3. The van der Waals surface area contributed by atoms with Crippen molar-refractivity contribution in [2.45, 2.75) is 38.6 Å². The predicted molar refractivity (Wildman–Crippen MR) is 153 cm³/mol. The minimum Gasteiger partial charge on any atom is -0.466 e. The highest BCUT2D eigenvalue weighted by Crippen LogP contribution is 2.46. The van der Waals surface area contributed by atoms with E-state index in [9.17, 15) is 19.7 Å². The zero-order valence-electron chi connectivity index (χ0n) is 22.7. The van der Waals surface area contributed by atoms with E-state index in [0.717, 1.165) is 22.3 Å². The molecule has 2 unspecified atom stereocenters. The van der Waals surface area contributed by atoms with E-state index in [1.54, 1.807) is 6.92 Å². The van der Waals surface area contributed by atoms with Crippen LogP contribution in [0.5, 0.6) is 0 Å². The van der Waals surface area contributed by atoms with Crippen molar-refractivity contribution in [3.8, 4) is 0 Å². The molecule has 5 rings (SSSR count). The first-order chi connectivity index (χ1) is 19.3. The van der Waals surface area contributed by atoms with Gasteiger partial charge in [0.25, 0.3) is 11.6 Å². The molecule has 0 saturated carbocycles. The molecule has 0 bridgehead atoms. The van der Waals surface area contributed by atoms with Crippen LogP contribution in [0.1, 0.15) is 52.9 Å². The number of benzene rings is 3. The molecule has 1 aliphatic carbocycles. The van der Waals surface area contributed by atoms with Crippen LogP contribution in [0.15, 0.2) is 96.6 Å². The van der Waals surface area contributed by atoms with E-state index in [0.29, 0.717) is 38.1 Å². The molecular weight excluding hydrogens is 504 g/mol. The number of nitrogens with zero attached hydrogens (tertiary/aromatic N) is 2. The molecule has 0 spiro atoms. The summed E-state index contributed by atoms with van der Waals surface area (Å²) in [5.41, 5.74) is 5.24. The third kappa shape index (κ3) is 5.07. The Labute approximate surface area is 233 Å². The van der Waals surface area contributed by atoms with Crippen LogP contribution < -0.4 is 0 Å². The number of hydrogen-bond acceptors (Lipinski definition) is 5. The normalized spacial score (nSPS) is 18.9. The van der Waals surface area contributed by atoms with Crippen molar-refractivity contribution >= 4 is 17.6 Å². The SMILES string of the molecule is CCOC(=O)C(C)C1=CC=CC(c2ccc([N+](=O)[O-])cc2)(c2cccc3c2CCN(C(=O)c2ccccc2)C3)C1. The van der Waals surface area contributed by atoms with Crippen LogP contribution in [0.3, 0.4) is 0 Å². The first-order valence-corrected chi connectivity index (χ1v) is 13.6. The van der Waals surface area contributed by atoms with Gasteiger partial charge < -0.3 is 9.64 Å². The summed E-state index contributed by atoms with van der Waals surface area (Å²) in [7, 11) is 0. The van der Waals surface area contributed by atoms with Crippen molar-refractivity contribution in [2.75, 3.05) is 13.2 Å². The standard InChI is InChI=1S/C33H32N2O5/c1-3-40-32(37)23(2)25-12-8-19-33(21-25,27-14-16-28(17-15-27)35(38)39)30-13-7-11-26-22-34(20-18-29(26)30)31(36)24-9-5-4-6-10-24/h4-17,19,23H,3,18,20-22H2,1-2H3. The largest absolute Gasteiger partial charge is 0.466 e. The van der Waals surface area contributed by atoms with E-state index in [1.165, 1.54) is 17.7 Å². The lowest BCUT2D eigenvalue weighted by Gasteiger charge is -2.40. The fraction of sp³-hybridized carbons (Fsp3) is 0.273. The number of hydrogen-bond donors (Lipinski definition) is 0. The average molecular weight is 537 g/mol. The summed E-state index contributed by atoms with van der Waals surface area (Å²) >= 11 is 0. The maximum absolute atomic E-state index is 13.2. The van der Waals surface area contributed by atoms with Gasteiger partial charge >= 0.3 is 5.97 Å². The lowest BCUT2D eigenvalue weighted by molar-refractivity contribution is -0.384. The zero-order chi connectivity index (χ0) is 28.3. The summed E-state index contributed by atoms with van der Waals surface area (Å²) in [6.07, 6.45) is 7.29. The number of carbonyl (C=O) groups excluding carboxylic acids is 2. The maximum atomic E-state index is 13.2. The summed E-state index contributed by atoms with van der Waals surface area (Å²) in [5, 5.41) is 11.4. The molecule has 0 fully saturated rings. The van der Waals surface area contributed by atoms with Gasteiger partial charge in [-0.05, 0) is 61.1 Å². The zero-order valence-corrected chi connectivity index (χ0v) is 22.7. The number of amides is 1. The third-order valence-corrected chi connectivity index (χ3v) is 8.02. The number of allylic oxidation sites excluding steroid dienone is 3. The highest BCUT2D eigenvalue weighted by atomic mass is 16.6. The molecule has 1 heterocycles. The molecular formula is C33H32N2O5. The van der Waals surface area contributed by atoms with Gasteiger partial charge in [0, 0.05) is 36.2 Å². The number of fused-ring (bicyclic) bond motifs is 1. The van der Waals surface area contributed by atoms with E-state index in [4.69, 9.17) is 4.74 Å². The third-order valence-electron chi connectivity index (χ3n) is 8.02. The minimum absolute atomic E-state index is 0.00720. The summed E-state index contributed by atoms with van der Waals surface area (Å²) in [6.45, 7) is 5.04. The first kappa shape index (κ1) is 27.1. The Bertz CT molecular complexity index is 1490. The van der Waals surface area contributed by atoms with E-state index in [2.05, 4.69) is 18.2 Å². The number of nitro benzene ring substituents is 1. The van der Waals surface area contributed by atoms with Crippen molar-refractivity contribution in [1.29, 1.82) is 0 Å². The molecule has 2 aliphatic rings. The topological polar surface area (TPSA) is 89.8 Å². The van der Waals surface area contributed by atoms with Gasteiger partial charge in [-0.15, -0.1) is 0 Å². The van der Waals surface area contributed by atoms with E-state index in [1.807, 2.05) is 72.5 Å². The first-order valence-electron chi connectivity index (χ1n) is 13.6. The number of carbonyl (C=O) groups is 2. The molecule has 3 aromatic rings. The molecule has 40 heavy (non-hydrogen) atoms. The fourth-order valence-corrected chi connectivity index (χ4v) is 5.88. The van der Waals surface area contributed by atoms with Gasteiger partial charge in [-0.25, -0.2) is 0 Å². The van der Waals surface area contributed by atoms with Gasteiger partial charge in [0.05, 0.1) is 17.4 Å². The second kappa shape index (κ2) is 11.3. The molecule has 0 radical (unpaired) electrons. The van der Waals surface area contributed by atoms with Crippen molar-refractivity contribution in [3.05, 3.63) is 135 Å². The van der Waals surface area contributed by atoms with Crippen LogP contribution in [-0.4, -0.2) is 34.9 Å². The number of nitro groups is 1. The Balaban J connectivity index is 1.56. The van der Waals surface area contributed by atoms with Crippen LogP contribution in [-0.2, 0) is 27.9 Å². The molecule has 3 aromatic carbocycles. The minimum atomic E-state index is -0.642. The molecule has 7 nitrogen and oxygen atoms in total. The summed E-state index contributed by atoms with van der Waals surface area (Å²) in [6, 6.07) is 22.2. The van der Waals surface area contributed by atoms with E-state index in [-0.39, 0.29) is 17.6 Å². The molecule has 0 aromatic heterocycles. The summed E-state index contributed by atoms with van der Waals surface area (Å²) < 4.78 is 5.32. The Morgan fingerprint density at radius 1 is 1.05 bits per heavy atom. The average Bonchev–Trinajstić information content (AvgIpc) is 3.00. The molecule has 204 valence electrons. The monoisotopic (exact) mass is 536 g/mol. The highest BCUT2D eigenvalue weighted by molar-refractivity contribution is 5.94. The number of ether oxygens (including phenoxy) is 1. The maximum Gasteiger partial charge on any atom is 0.312 e. The van der Waals surface area contributed by atoms with Crippen LogP contribution in [0, 0.1) is 16.0 Å². The van der Waals surface area contributed by atoms with Crippen molar-refractivity contribution in [3.63, 3.8) is 0 Å². The van der Waals surface area contributed by atoms with Crippen molar-refractivity contribution in [2.24, 2.45) is 5.92 Å². The van der Waals surface area contributed by atoms with Gasteiger partial charge in [-0.3, -0.25) is 19.7 Å². The van der Waals surface area contributed by atoms with Gasteiger partial charge in [-0.2, -0.15) is 0 Å². The Kier molecular flexibility index (Phi) is 7.65. The number of rotatable bonds is 7. The quantitative estimate of drug-likeness (QED) is 0.205. The van der Waals surface area contributed by atoms with Crippen LogP contribution >= 0.6 is 0 Å². The second-order valence-electron chi connectivity index (χ2n) is 10.3. The van der Waals surface area contributed by atoms with E-state index >= 15 is 0 Å².